The number of aromatic nitrogens is 2. The number of benzene rings is 2. The highest BCUT2D eigenvalue weighted by Gasteiger charge is 2.37. The number of nitrogens with one attached hydrogen (secondary N) is 1. The maximum atomic E-state index is 13.5. The molecule has 0 unspecified atom stereocenters. The number of hydrogen-bond donors (Lipinski definition) is 1. The van der Waals surface area contributed by atoms with Gasteiger partial charge in [-0.1, -0.05) is 12.1 Å². The van der Waals surface area contributed by atoms with Crippen LogP contribution < -0.4 is 15.8 Å². The fourth-order valence-corrected chi connectivity index (χ4v) is 5.86. The number of nitriles is 1. The van der Waals surface area contributed by atoms with Crippen molar-refractivity contribution in [3.05, 3.63) is 87.7 Å². The van der Waals surface area contributed by atoms with Crippen LogP contribution in [0.3, 0.4) is 0 Å². The van der Waals surface area contributed by atoms with Crippen molar-refractivity contribution in [2.24, 2.45) is 0 Å². The first-order valence-electron chi connectivity index (χ1n) is 13.0. The van der Waals surface area contributed by atoms with Gasteiger partial charge in [-0.25, -0.2) is 17.8 Å². The quantitative estimate of drug-likeness (QED) is 0.407. The van der Waals surface area contributed by atoms with Gasteiger partial charge in [-0.15, -0.1) is 0 Å². The van der Waals surface area contributed by atoms with Crippen LogP contribution in [0.15, 0.2) is 59.5 Å². The summed E-state index contributed by atoms with van der Waals surface area (Å²) in [5.41, 5.74) is 2.76. The standard InChI is InChI=1S/C28H31FN6O3S/c1-39(37,38)34-15-13-33(14-16-34)27-28(36)35(24-10-4-20(18-30)5-11-24)19-23(32-27)3-2-12-31-26-17-25(26)21-6-8-22(29)9-7-21/h4-11,19,25-26,31H,2-3,12-17H2,1H3/t25-,26+/m0/s1. The van der Waals surface area contributed by atoms with Crippen molar-refractivity contribution < 1.29 is 12.8 Å². The average Bonchev–Trinajstić information content (AvgIpc) is 3.71. The number of hydrogen-bond acceptors (Lipinski definition) is 7. The highest BCUT2D eigenvalue weighted by molar-refractivity contribution is 7.88. The molecule has 11 heteroatoms. The summed E-state index contributed by atoms with van der Waals surface area (Å²) in [5.74, 6) is 0.478. The molecule has 204 valence electrons. The summed E-state index contributed by atoms with van der Waals surface area (Å²) in [5, 5.41) is 12.7. The Morgan fingerprint density at radius 2 is 1.77 bits per heavy atom. The third kappa shape index (κ3) is 6.36. The summed E-state index contributed by atoms with van der Waals surface area (Å²) in [7, 11) is -3.30. The van der Waals surface area contributed by atoms with Crippen molar-refractivity contribution >= 4 is 15.8 Å². The van der Waals surface area contributed by atoms with E-state index >= 15 is 0 Å². The number of nitrogens with zero attached hydrogens (tertiary/aromatic N) is 5. The lowest BCUT2D eigenvalue weighted by Gasteiger charge is -2.33. The van der Waals surface area contributed by atoms with E-state index in [4.69, 9.17) is 10.2 Å². The van der Waals surface area contributed by atoms with E-state index in [1.54, 1.807) is 35.0 Å². The molecular weight excluding hydrogens is 519 g/mol. The van der Waals surface area contributed by atoms with E-state index in [2.05, 4.69) is 11.4 Å². The summed E-state index contributed by atoms with van der Waals surface area (Å²) < 4.78 is 40.0. The van der Waals surface area contributed by atoms with E-state index in [0.29, 0.717) is 61.6 Å². The van der Waals surface area contributed by atoms with Crippen LogP contribution in [0.2, 0.25) is 0 Å². The zero-order valence-electron chi connectivity index (χ0n) is 21.8. The Bertz CT molecular complexity index is 1530. The second kappa shape index (κ2) is 11.3. The lowest BCUT2D eigenvalue weighted by Crippen LogP contribution is -2.50. The zero-order chi connectivity index (χ0) is 27.6. The first kappa shape index (κ1) is 27.0. The van der Waals surface area contributed by atoms with Gasteiger partial charge < -0.3 is 10.2 Å². The van der Waals surface area contributed by atoms with E-state index < -0.39 is 10.0 Å². The maximum absolute atomic E-state index is 13.5. The Balaban J connectivity index is 1.29. The largest absolute Gasteiger partial charge is 0.349 e. The van der Waals surface area contributed by atoms with Gasteiger partial charge >= 0.3 is 0 Å². The van der Waals surface area contributed by atoms with Gasteiger partial charge in [-0.2, -0.15) is 9.57 Å². The Morgan fingerprint density at radius 1 is 1.08 bits per heavy atom. The number of anilines is 1. The number of aryl methyl sites for hydroxylation is 1. The number of sulfonamides is 1. The van der Waals surface area contributed by atoms with Gasteiger partial charge in [0.05, 0.1) is 23.6 Å². The molecule has 39 heavy (non-hydrogen) atoms. The zero-order valence-corrected chi connectivity index (χ0v) is 22.6. The topological polar surface area (TPSA) is 111 Å². The highest BCUT2D eigenvalue weighted by Crippen LogP contribution is 2.40. The van der Waals surface area contributed by atoms with Gasteiger partial charge in [0, 0.05) is 50.0 Å². The molecule has 1 saturated carbocycles. The molecule has 1 aromatic heterocycles. The van der Waals surface area contributed by atoms with E-state index in [9.17, 15) is 17.6 Å². The third-order valence-electron chi connectivity index (χ3n) is 7.32. The van der Waals surface area contributed by atoms with Gasteiger partial charge in [-0.05, 0) is 67.8 Å². The molecule has 1 aliphatic carbocycles. The molecule has 0 bridgehead atoms. The van der Waals surface area contributed by atoms with Crippen LogP contribution in [0.25, 0.3) is 5.69 Å². The van der Waals surface area contributed by atoms with Gasteiger partial charge in [-0.3, -0.25) is 9.36 Å². The lowest BCUT2D eigenvalue weighted by molar-refractivity contribution is 0.386. The fourth-order valence-electron chi connectivity index (χ4n) is 5.03. The Kier molecular flexibility index (Phi) is 7.79. The SMILES string of the molecule is CS(=O)(=O)N1CCN(c2nc(CCCN[C@@H]3C[C@H]3c3ccc(F)cc3)cn(-c3ccc(C#N)cc3)c2=O)CC1. The average molecular weight is 551 g/mol. The molecule has 2 atom stereocenters. The van der Waals surface area contributed by atoms with Crippen LogP contribution in [0.1, 0.15) is 35.6 Å². The molecule has 1 aliphatic heterocycles. The van der Waals surface area contributed by atoms with Crippen molar-refractivity contribution in [3.63, 3.8) is 0 Å². The molecule has 1 saturated heterocycles. The number of rotatable bonds is 9. The maximum Gasteiger partial charge on any atom is 0.298 e. The van der Waals surface area contributed by atoms with Crippen LogP contribution in [0.5, 0.6) is 0 Å². The molecule has 2 fully saturated rings. The molecule has 5 rings (SSSR count). The van der Waals surface area contributed by atoms with Crippen molar-refractivity contribution in [1.82, 2.24) is 19.2 Å². The molecular formula is C28H31FN6O3S. The van der Waals surface area contributed by atoms with Crippen molar-refractivity contribution in [3.8, 4) is 11.8 Å². The third-order valence-corrected chi connectivity index (χ3v) is 8.63. The Morgan fingerprint density at radius 3 is 2.41 bits per heavy atom. The van der Waals surface area contributed by atoms with E-state index in [-0.39, 0.29) is 11.4 Å². The van der Waals surface area contributed by atoms with Crippen molar-refractivity contribution in [2.75, 3.05) is 43.9 Å². The van der Waals surface area contributed by atoms with Crippen molar-refractivity contribution in [1.29, 1.82) is 5.26 Å². The number of halogens is 1. The normalized spacial score (nSPS) is 19.6. The van der Waals surface area contributed by atoms with E-state index in [0.717, 1.165) is 30.6 Å². The summed E-state index contributed by atoms with van der Waals surface area (Å²) in [6, 6.07) is 16.0. The second-order valence-corrected chi connectivity index (χ2v) is 12.1. The number of piperazine rings is 1. The first-order valence-corrected chi connectivity index (χ1v) is 14.9. The lowest BCUT2D eigenvalue weighted by atomic mass is 10.1. The molecule has 0 amide bonds. The Hall–Kier alpha value is -3.59. The monoisotopic (exact) mass is 550 g/mol. The summed E-state index contributed by atoms with van der Waals surface area (Å²) in [4.78, 5) is 20.1. The minimum atomic E-state index is -3.30. The predicted molar refractivity (Wildman–Crippen MR) is 147 cm³/mol. The summed E-state index contributed by atoms with van der Waals surface area (Å²) in [6.07, 6.45) is 5.42. The van der Waals surface area contributed by atoms with E-state index in [1.807, 2.05) is 17.0 Å². The van der Waals surface area contributed by atoms with Crippen LogP contribution in [0, 0.1) is 17.1 Å². The van der Waals surface area contributed by atoms with Crippen LogP contribution in [-0.4, -0.2) is 67.3 Å². The van der Waals surface area contributed by atoms with Gasteiger partial charge in [0.25, 0.3) is 5.56 Å². The van der Waals surface area contributed by atoms with Gasteiger partial charge in [0.1, 0.15) is 5.82 Å². The first-order chi connectivity index (χ1) is 18.7. The molecule has 0 spiro atoms. The van der Waals surface area contributed by atoms with Crippen LogP contribution in [-0.2, 0) is 16.4 Å². The minimum Gasteiger partial charge on any atom is -0.349 e. The van der Waals surface area contributed by atoms with Gasteiger partial charge in [0.15, 0.2) is 5.82 Å². The molecule has 0 radical (unpaired) electrons. The van der Waals surface area contributed by atoms with Crippen LogP contribution >= 0.6 is 0 Å². The van der Waals surface area contributed by atoms with Crippen LogP contribution in [0.4, 0.5) is 10.2 Å². The summed E-state index contributed by atoms with van der Waals surface area (Å²) in [6.45, 7) is 2.12. The smallest absolute Gasteiger partial charge is 0.298 e. The molecule has 2 heterocycles. The van der Waals surface area contributed by atoms with E-state index in [1.165, 1.54) is 22.7 Å². The minimum absolute atomic E-state index is 0.226. The molecule has 9 nitrogen and oxygen atoms in total. The summed E-state index contributed by atoms with van der Waals surface area (Å²) >= 11 is 0. The van der Waals surface area contributed by atoms with Crippen molar-refractivity contribution in [2.45, 2.75) is 31.2 Å². The Labute approximate surface area is 227 Å². The highest BCUT2D eigenvalue weighted by atomic mass is 32.2. The second-order valence-electron chi connectivity index (χ2n) is 10.1. The molecule has 1 N–H and O–H groups in total. The predicted octanol–water partition coefficient (Wildman–Crippen LogP) is 2.40. The molecule has 3 aromatic rings. The fraction of sp³-hybridized carbons (Fsp3) is 0.393. The molecule has 2 aromatic carbocycles. The van der Waals surface area contributed by atoms with Gasteiger partial charge in [0.2, 0.25) is 10.0 Å². The molecule has 2 aliphatic rings.